The van der Waals surface area contributed by atoms with Gasteiger partial charge in [0.05, 0.1) is 12.8 Å². The first-order valence-electron chi connectivity index (χ1n) is 5.03. The number of methoxy groups -OCH3 is 1. The highest BCUT2D eigenvalue weighted by Crippen LogP contribution is 2.02. The third kappa shape index (κ3) is 4.55. The lowest BCUT2D eigenvalue weighted by Gasteiger charge is -2.06. The normalized spacial score (nSPS) is 10.0. The molecule has 0 aliphatic rings. The van der Waals surface area contributed by atoms with Crippen molar-refractivity contribution in [2.24, 2.45) is 0 Å². The Morgan fingerprint density at radius 2 is 2.20 bits per heavy atom. The summed E-state index contributed by atoms with van der Waals surface area (Å²) in [5, 5.41) is 13.9. The van der Waals surface area contributed by atoms with E-state index < -0.39 is 0 Å². The van der Waals surface area contributed by atoms with Gasteiger partial charge in [0.2, 0.25) is 5.95 Å². The number of ether oxygens (including phenoxy) is 1. The Morgan fingerprint density at radius 1 is 1.33 bits per heavy atom. The molecule has 0 radical (unpaired) electrons. The molecule has 0 saturated carbocycles. The molecule has 0 fully saturated rings. The standard InChI is InChI=1S/C9H17N5O/c1-3-4-11-9-13-8(7-12-14-9)10-5-6-15-2/h7H,3-6H2,1-2H3,(H2,10,11,13,14). The summed E-state index contributed by atoms with van der Waals surface area (Å²) in [6.07, 6.45) is 2.62. The summed E-state index contributed by atoms with van der Waals surface area (Å²) in [5.41, 5.74) is 0. The van der Waals surface area contributed by atoms with E-state index in [1.165, 1.54) is 0 Å². The topological polar surface area (TPSA) is 72.0 Å². The minimum Gasteiger partial charge on any atom is -0.383 e. The van der Waals surface area contributed by atoms with Crippen molar-refractivity contribution >= 4 is 11.8 Å². The fraction of sp³-hybridized carbons (Fsp3) is 0.667. The molecule has 1 rings (SSSR count). The van der Waals surface area contributed by atoms with Gasteiger partial charge in [0, 0.05) is 20.2 Å². The Kier molecular flexibility index (Phi) is 5.39. The quantitative estimate of drug-likeness (QED) is 0.648. The summed E-state index contributed by atoms with van der Waals surface area (Å²) in [5.74, 6) is 1.26. The lowest BCUT2D eigenvalue weighted by atomic mass is 10.5. The van der Waals surface area contributed by atoms with Crippen LogP contribution in [-0.2, 0) is 4.74 Å². The third-order valence-electron chi connectivity index (χ3n) is 1.70. The monoisotopic (exact) mass is 211 g/mol. The van der Waals surface area contributed by atoms with Crippen LogP contribution in [0.25, 0.3) is 0 Å². The Bertz CT molecular complexity index is 281. The molecule has 15 heavy (non-hydrogen) atoms. The highest BCUT2D eigenvalue weighted by Gasteiger charge is 1.98. The van der Waals surface area contributed by atoms with E-state index in [2.05, 4.69) is 32.7 Å². The molecule has 0 amide bonds. The second-order valence-corrected chi connectivity index (χ2v) is 3.01. The Morgan fingerprint density at radius 3 is 2.93 bits per heavy atom. The van der Waals surface area contributed by atoms with Crippen LogP contribution in [0.1, 0.15) is 13.3 Å². The van der Waals surface area contributed by atoms with E-state index in [4.69, 9.17) is 4.74 Å². The Hall–Kier alpha value is -1.43. The molecule has 0 aliphatic carbocycles. The predicted molar refractivity (Wildman–Crippen MR) is 59.0 cm³/mol. The van der Waals surface area contributed by atoms with Gasteiger partial charge in [0.25, 0.3) is 0 Å². The van der Waals surface area contributed by atoms with Crippen molar-refractivity contribution in [2.45, 2.75) is 13.3 Å². The highest BCUT2D eigenvalue weighted by molar-refractivity contribution is 5.36. The summed E-state index contributed by atoms with van der Waals surface area (Å²) in [4.78, 5) is 4.23. The van der Waals surface area contributed by atoms with Gasteiger partial charge in [0.1, 0.15) is 0 Å². The first-order valence-corrected chi connectivity index (χ1v) is 5.03. The molecule has 2 N–H and O–H groups in total. The molecule has 0 spiro atoms. The number of hydrogen-bond acceptors (Lipinski definition) is 6. The molecule has 0 saturated heterocycles. The van der Waals surface area contributed by atoms with Crippen LogP contribution in [0.3, 0.4) is 0 Å². The smallest absolute Gasteiger partial charge is 0.244 e. The summed E-state index contributed by atoms with van der Waals surface area (Å²) < 4.78 is 4.92. The largest absolute Gasteiger partial charge is 0.383 e. The van der Waals surface area contributed by atoms with Crippen LogP contribution in [-0.4, -0.2) is 42.0 Å². The number of rotatable bonds is 7. The average Bonchev–Trinajstić information content (AvgIpc) is 2.27. The first-order chi connectivity index (χ1) is 7.36. The molecule has 0 atom stereocenters. The zero-order valence-electron chi connectivity index (χ0n) is 9.16. The van der Waals surface area contributed by atoms with Crippen LogP contribution < -0.4 is 10.6 Å². The summed E-state index contributed by atoms with van der Waals surface area (Å²) in [7, 11) is 1.66. The predicted octanol–water partition coefficient (Wildman–Crippen LogP) is 0.752. The maximum absolute atomic E-state index is 4.92. The van der Waals surface area contributed by atoms with Crippen LogP contribution >= 0.6 is 0 Å². The molecule has 84 valence electrons. The number of nitrogens with one attached hydrogen (secondary N) is 2. The van der Waals surface area contributed by atoms with Gasteiger partial charge in [-0.25, -0.2) is 0 Å². The van der Waals surface area contributed by atoms with E-state index in [0.29, 0.717) is 24.9 Å². The Balaban J connectivity index is 2.42. The van der Waals surface area contributed by atoms with Gasteiger partial charge in [-0.1, -0.05) is 6.92 Å². The van der Waals surface area contributed by atoms with Crippen LogP contribution in [0, 0.1) is 0 Å². The molecule has 6 nitrogen and oxygen atoms in total. The number of aromatic nitrogens is 3. The molecule has 1 heterocycles. The van der Waals surface area contributed by atoms with Crippen molar-refractivity contribution in [1.29, 1.82) is 0 Å². The summed E-state index contributed by atoms with van der Waals surface area (Å²) >= 11 is 0. The molecule has 0 unspecified atom stereocenters. The van der Waals surface area contributed by atoms with Gasteiger partial charge >= 0.3 is 0 Å². The van der Waals surface area contributed by atoms with Crippen molar-refractivity contribution in [3.05, 3.63) is 6.20 Å². The number of hydrogen-bond donors (Lipinski definition) is 2. The minimum atomic E-state index is 0.555. The maximum Gasteiger partial charge on any atom is 0.244 e. The molecule has 6 heteroatoms. The van der Waals surface area contributed by atoms with E-state index in [9.17, 15) is 0 Å². The maximum atomic E-state index is 4.92. The molecule has 1 aromatic rings. The zero-order valence-corrected chi connectivity index (χ0v) is 9.16. The summed E-state index contributed by atoms with van der Waals surface area (Å²) in [6, 6.07) is 0. The second kappa shape index (κ2) is 6.94. The summed E-state index contributed by atoms with van der Waals surface area (Å²) in [6.45, 7) is 4.29. The highest BCUT2D eigenvalue weighted by atomic mass is 16.5. The van der Waals surface area contributed by atoms with Crippen molar-refractivity contribution in [2.75, 3.05) is 37.4 Å². The van der Waals surface area contributed by atoms with Crippen LogP contribution in [0.2, 0.25) is 0 Å². The zero-order chi connectivity index (χ0) is 10.9. The van der Waals surface area contributed by atoms with Gasteiger partial charge in [-0.05, 0) is 6.42 Å². The lowest BCUT2D eigenvalue weighted by molar-refractivity contribution is 0.210. The van der Waals surface area contributed by atoms with E-state index in [0.717, 1.165) is 13.0 Å². The number of anilines is 2. The fourth-order valence-corrected chi connectivity index (χ4v) is 0.982. The minimum absolute atomic E-state index is 0.555. The van der Waals surface area contributed by atoms with Gasteiger partial charge in [-0.15, -0.1) is 5.10 Å². The van der Waals surface area contributed by atoms with Crippen molar-refractivity contribution in [1.82, 2.24) is 15.2 Å². The van der Waals surface area contributed by atoms with Crippen LogP contribution in [0.4, 0.5) is 11.8 Å². The molecular formula is C9H17N5O. The van der Waals surface area contributed by atoms with Gasteiger partial charge in [-0.3, -0.25) is 0 Å². The van der Waals surface area contributed by atoms with Crippen LogP contribution in [0.15, 0.2) is 6.20 Å². The average molecular weight is 211 g/mol. The van der Waals surface area contributed by atoms with E-state index in [1.54, 1.807) is 13.3 Å². The lowest BCUT2D eigenvalue weighted by Crippen LogP contribution is -2.11. The van der Waals surface area contributed by atoms with Crippen LogP contribution in [0.5, 0.6) is 0 Å². The Labute approximate surface area is 89.5 Å². The van der Waals surface area contributed by atoms with Crippen molar-refractivity contribution in [3.63, 3.8) is 0 Å². The van der Waals surface area contributed by atoms with Gasteiger partial charge in [0.15, 0.2) is 5.82 Å². The van der Waals surface area contributed by atoms with E-state index in [-0.39, 0.29) is 0 Å². The fourth-order valence-electron chi connectivity index (χ4n) is 0.982. The molecular weight excluding hydrogens is 194 g/mol. The third-order valence-corrected chi connectivity index (χ3v) is 1.70. The molecule has 0 aliphatic heterocycles. The number of nitrogens with zero attached hydrogens (tertiary/aromatic N) is 3. The van der Waals surface area contributed by atoms with E-state index in [1.807, 2.05) is 0 Å². The van der Waals surface area contributed by atoms with E-state index >= 15 is 0 Å². The molecule has 0 bridgehead atoms. The second-order valence-electron chi connectivity index (χ2n) is 3.01. The van der Waals surface area contributed by atoms with Gasteiger partial charge in [-0.2, -0.15) is 10.1 Å². The SMILES string of the molecule is CCCNc1nncc(NCCOC)n1. The molecule has 1 aromatic heterocycles. The molecule has 0 aromatic carbocycles. The van der Waals surface area contributed by atoms with Crippen molar-refractivity contribution in [3.8, 4) is 0 Å². The van der Waals surface area contributed by atoms with Gasteiger partial charge < -0.3 is 15.4 Å². The van der Waals surface area contributed by atoms with Crippen molar-refractivity contribution < 1.29 is 4.74 Å². The first kappa shape index (κ1) is 11.6.